The summed E-state index contributed by atoms with van der Waals surface area (Å²) in [5.41, 5.74) is 4.82. The highest BCUT2D eigenvalue weighted by molar-refractivity contribution is 5.84. The Hall–Kier alpha value is -0.610. The van der Waals surface area contributed by atoms with Gasteiger partial charge in [-0.05, 0) is 39.8 Å². The molecule has 0 aromatic heterocycles. The Bertz CT molecular complexity index is 232. The molecule has 3 N–H and O–H groups in total. The van der Waals surface area contributed by atoms with E-state index >= 15 is 0 Å². The van der Waals surface area contributed by atoms with Crippen LogP contribution in [-0.2, 0) is 4.79 Å². The van der Waals surface area contributed by atoms with E-state index in [1.807, 2.05) is 6.92 Å². The van der Waals surface area contributed by atoms with E-state index in [0.29, 0.717) is 6.04 Å². The Morgan fingerprint density at radius 1 is 1.67 bits per heavy atom. The Labute approximate surface area is 92.2 Å². The van der Waals surface area contributed by atoms with E-state index in [1.54, 1.807) is 7.05 Å². The first kappa shape index (κ1) is 12.5. The summed E-state index contributed by atoms with van der Waals surface area (Å²) in [7, 11) is 1.79. The smallest absolute Gasteiger partial charge is 0.238 e. The van der Waals surface area contributed by atoms with Gasteiger partial charge >= 0.3 is 0 Å². The van der Waals surface area contributed by atoms with Crippen molar-refractivity contribution in [2.45, 2.75) is 44.7 Å². The lowest BCUT2D eigenvalue weighted by molar-refractivity contribution is -0.124. The third-order valence-corrected chi connectivity index (χ3v) is 3.59. The summed E-state index contributed by atoms with van der Waals surface area (Å²) in [6, 6.07) is 0.622. The molecular formula is C11H23N3O. The van der Waals surface area contributed by atoms with Crippen molar-refractivity contribution in [3.63, 3.8) is 0 Å². The van der Waals surface area contributed by atoms with Gasteiger partial charge in [-0.15, -0.1) is 0 Å². The van der Waals surface area contributed by atoms with Crippen molar-refractivity contribution in [2.24, 2.45) is 5.73 Å². The van der Waals surface area contributed by atoms with Gasteiger partial charge in [-0.3, -0.25) is 9.69 Å². The number of hydrogen-bond acceptors (Lipinski definition) is 3. The van der Waals surface area contributed by atoms with Crippen LogP contribution in [0.3, 0.4) is 0 Å². The fourth-order valence-electron chi connectivity index (χ4n) is 2.25. The van der Waals surface area contributed by atoms with Crippen molar-refractivity contribution in [3.8, 4) is 0 Å². The van der Waals surface area contributed by atoms with Crippen LogP contribution in [0.2, 0.25) is 0 Å². The lowest BCUT2D eigenvalue weighted by Crippen LogP contribution is -2.58. The first-order valence-electron chi connectivity index (χ1n) is 5.76. The summed E-state index contributed by atoms with van der Waals surface area (Å²) >= 11 is 0. The fraction of sp³-hybridized carbons (Fsp3) is 0.909. The monoisotopic (exact) mass is 213 g/mol. The molecule has 0 aromatic rings. The molecule has 1 saturated heterocycles. The molecule has 2 unspecified atom stereocenters. The quantitative estimate of drug-likeness (QED) is 0.691. The van der Waals surface area contributed by atoms with Gasteiger partial charge < -0.3 is 11.1 Å². The molecule has 4 heteroatoms. The number of likely N-dealkylation sites (tertiary alicyclic amines) is 1. The van der Waals surface area contributed by atoms with E-state index in [4.69, 9.17) is 5.73 Å². The van der Waals surface area contributed by atoms with Crippen LogP contribution in [0.1, 0.15) is 33.1 Å². The normalized spacial score (nSPS) is 26.5. The predicted molar refractivity (Wildman–Crippen MR) is 61.5 cm³/mol. The van der Waals surface area contributed by atoms with Crippen molar-refractivity contribution >= 4 is 5.91 Å². The minimum absolute atomic E-state index is 0.272. The van der Waals surface area contributed by atoms with Crippen LogP contribution < -0.4 is 11.1 Å². The second kappa shape index (κ2) is 4.94. The summed E-state index contributed by atoms with van der Waals surface area (Å²) in [6.45, 7) is 5.88. The van der Waals surface area contributed by atoms with Gasteiger partial charge in [-0.25, -0.2) is 0 Å². The van der Waals surface area contributed by atoms with Gasteiger partial charge in [0.05, 0.1) is 0 Å². The SMILES string of the molecule is CCC1CCCN1CC(C)(NC)C(N)=O. The third-order valence-electron chi connectivity index (χ3n) is 3.59. The fourth-order valence-corrected chi connectivity index (χ4v) is 2.25. The van der Waals surface area contributed by atoms with Gasteiger partial charge in [0, 0.05) is 12.6 Å². The van der Waals surface area contributed by atoms with Gasteiger partial charge in [-0.1, -0.05) is 6.92 Å². The van der Waals surface area contributed by atoms with Crippen LogP contribution in [0.25, 0.3) is 0 Å². The molecule has 0 bridgehead atoms. The largest absolute Gasteiger partial charge is 0.368 e. The van der Waals surface area contributed by atoms with Gasteiger partial charge in [-0.2, -0.15) is 0 Å². The van der Waals surface area contributed by atoms with E-state index in [9.17, 15) is 4.79 Å². The number of nitrogens with one attached hydrogen (secondary N) is 1. The number of carbonyl (C=O) groups excluding carboxylic acids is 1. The Morgan fingerprint density at radius 2 is 2.33 bits per heavy atom. The van der Waals surface area contributed by atoms with E-state index in [2.05, 4.69) is 17.1 Å². The third kappa shape index (κ3) is 2.69. The molecule has 0 spiro atoms. The average molecular weight is 213 g/mol. The Kier molecular flexibility index (Phi) is 4.11. The summed E-state index contributed by atoms with van der Waals surface area (Å²) in [5.74, 6) is -0.272. The molecule has 0 aliphatic carbocycles. The van der Waals surface area contributed by atoms with E-state index < -0.39 is 5.54 Å². The number of carbonyl (C=O) groups is 1. The molecule has 1 heterocycles. The Morgan fingerprint density at radius 3 is 2.80 bits per heavy atom. The first-order chi connectivity index (χ1) is 7.03. The number of primary amides is 1. The average Bonchev–Trinajstić information content (AvgIpc) is 2.64. The zero-order valence-corrected chi connectivity index (χ0v) is 10.0. The number of rotatable bonds is 5. The van der Waals surface area contributed by atoms with E-state index in [-0.39, 0.29) is 5.91 Å². The lowest BCUT2D eigenvalue weighted by atomic mass is 10.0. The Balaban J connectivity index is 2.62. The topological polar surface area (TPSA) is 58.4 Å². The summed E-state index contributed by atoms with van der Waals surface area (Å²) in [4.78, 5) is 13.7. The molecule has 1 fully saturated rings. The minimum Gasteiger partial charge on any atom is -0.368 e. The molecule has 88 valence electrons. The maximum Gasteiger partial charge on any atom is 0.238 e. The predicted octanol–water partition coefficient (Wildman–Crippen LogP) is 0.324. The highest BCUT2D eigenvalue weighted by Gasteiger charge is 2.35. The van der Waals surface area contributed by atoms with E-state index in [1.165, 1.54) is 12.8 Å². The highest BCUT2D eigenvalue weighted by Crippen LogP contribution is 2.21. The summed E-state index contributed by atoms with van der Waals surface area (Å²) in [5, 5.41) is 3.03. The van der Waals surface area contributed by atoms with Crippen LogP contribution in [-0.4, -0.2) is 42.5 Å². The lowest BCUT2D eigenvalue weighted by Gasteiger charge is -2.33. The molecule has 0 aromatic carbocycles. The molecule has 1 amide bonds. The maximum atomic E-state index is 11.4. The molecule has 1 aliphatic rings. The molecule has 2 atom stereocenters. The van der Waals surface area contributed by atoms with Crippen molar-refractivity contribution < 1.29 is 4.79 Å². The maximum absolute atomic E-state index is 11.4. The number of amides is 1. The second-order valence-electron chi connectivity index (χ2n) is 4.62. The van der Waals surface area contributed by atoms with E-state index in [0.717, 1.165) is 19.5 Å². The number of nitrogens with two attached hydrogens (primary N) is 1. The number of likely N-dealkylation sites (N-methyl/N-ethyl adjacent to an activating group) is 1. The molecular weight excluding hydrogens is 190 g/mol. The zero-order valence-electron chi connectivity index (χ0n) is 10.0. The number of nitrogens with zero attached hydrogens (tertiary/aromatic N) is 1. The van der Waals surface area contributed by atoms with Gasteiger partial charge in [0.15, 0.2) is 0 Å². The van der Waals surface area contributed by atoms with Gasteiger partial charge in [0.1, 0.15) is 5.54 Å². The van der Waals surface area contributed by atoms with Crippen molar-refractivity contribution in [2.75, 3.05) is 20.1 Å². The first-order valence-corrected chi connectivity index (χ1v) is 5.76. The molecule has 15 heavy (non-hydrogen) atoms. The van der Waals surface area contributed by atoms with Crippen molar-refractivity contribution in [1.29, 1.82) is 0 Å². The number of hydrogen-bond donors (Lipinski definition) is 2. The van der Waals surface area contributed by atoms with Gasteiger partial charge in [0.25, 0.3) is 0 Å². The van der Waals surface area contributed by atoms with Crippen LogP contribution in [0, 0.1) is 0 Å². The zero-order chi connectivity index (χ0) is 11.5. The molecule has 1 aliphatic heterocycles. The van der Waals surface area contributed by atoms with Crippen LogP contribution in [0.15, 0.2) is 0 Å². The molecule has 4 nitrogen and oxygen atoms in total. The van der Waals surface area contributed by atoms with Crippen molar-refractivity contribution in [3.05, 3.63) is 0 Å². The van der Waals surface area contributed by atoms with Crippen LogP contribution in [0.4, 0.5) is 0 Å². The molecule has 1 rings (SSSR count). The molecule has 0 radical (unpaired) electrons. The molecule has 0 saturated carbocycles. The van der Waals surface area contributed by atoms with Crippen LogP contribution >= 0.6 is 0 Å². The standard InChI is InChI=1S/C11H23N3O/c1-4-9-6-5-7-14(9)8-11(2,13-3)10(12)15/h9,13H,4-8H2,1-3H3,(H2,12,15). The van der Waals surface area contributed by atoms with Gasteiger partial charge in [0.2, 0.25) is 5.91 Å². The highest BCUT2D eigenvalue weighted by atomic mass is 16.1. The van der Waals surface area contributed by atoms with Crippen LogP contribution in [0.5, 0.6) is 0 Å². The summed E-state index contributed by atoms with van der Waals surface area (Å²) in [6.07, 6.45) is 3.63. The van der Waals surface area contributed by atoms with Crippen molar-refractivity contribution in [1.82, 2.24) is 10.2 Å². The minimum atomic E-state index is -0.599. The second-order valence-corrected chi connectivity index (χ2v) is 4.62. The summed E-state index contributed by atoms with van der Waals surface area (Å²) < 4.78 is 0.